The van der Waals surface area contributed by atoms with Gasteiger partial charge in [0, 0.05) is 0 Å². The molecule has 0 saturated carbocycles. The van der Waals surface area contributed by atoms with Gasteiger partial charge < -0.3 is 0 Å². The number of nitrogens with two attached hydrogens (primary N) is 1. The zero-order valence-corrected chi connectivity index (χ0v) is 20.7. The van der Waals surface area contributed by atoms with Crippen molar-refractivity contribution in [3.63, 3.8) is 0 Å². The van der Waals surface area contributed by atoms with Crippen molar-refractivity contribution in [2.24, 2.45) is 11.1 Å². The average Bonchev–Trinajstić information content (AvgIpc) is 3.16. The molecule has 2 N–H and O–H groups in total. The van der Waals surface area contributed by atoms with E-state index in [2.05, 4.69) is 64.6 Å². The van der Waals surface area contributed by atoms with Gasteiger partial charge >= 0.3 is 190 Å². The van der Waals surface area contributed by atoms with Crippen molar-refractivity contribution in [1.29, 1.82) is 0 Å². The molecule has 6 rings (SSSR count). The second-order valence-electron chi connectivity index (χ2n) is 9.84. The second-order valence-corrected chi connectivity index (χ2v) is 12.8. The summed E-state index contributed by atoms with van der Waals surface area (Å²) < 4.78 is 0.0133. The van der Waals surface area contributed by atoms with E-state index in [4.69, 9.17) is 15.8 Å². The molecule has 0 bridgehead atoms. The van der Waals surface area contributed by atoms with Crippen molar-refractivity contribution < 1.29 is 0 Å². The molecule has 1 aliphatic carbocycles. The Kier molecular flexibility index (Phi) is 5.48. The van der Waals surface area contributed by atoms with Crippen molar-refractivity contribution in [1.82, 2.24) is 15.2 Å². The van der Waals surface area contributed by atoms with Crippen LogP contribution in [0.4, 0.5) is 5.95 Å². The van der Waals surface area contributed by atoms with Gasteiger partial charge in [-0.15, -0.1) is 0 Å². The van der Waals surface area contributed by atoms with Gasteiger partial charge in [-0.1, -0.05) is 12.1 Å². The molecule has 3 heterocycles. The summed E-state index contributed by atoms with van der Waals surface area (Å²) in [6.45, 7) is 1.88. The quantitative estimate of drug-likeness (QED) is 0.540. The summed E-state index contributed by atoms with van der Waals surface area (Å²) in [6.07, 6.45) is 8.99. The van der Waals surface area contributed by atoms with E-state index in [9.17, 15) is 0 Å². The van der Waals surface area contributed by atoms with Crippen LogP contribution in [0.2, 0.25) is 5.32 Å². The van der Waals surface area contributed by atoms with Crippen LogP contribution in [0.25, 0.3) is 0 Å². The molecule has 6 heteroatoms. The third-order valence-electron chi connectivity index (χ3n) is 8.11. The van der Waals surface area contributed by atoms with Crippen LogP contribution in [0.3, 0.4) is 0 Å². The van der Waals surface area contributed by atoms with E-state index in [1.807, 2.05) is 6.20 Å². The zero-order chi connectivity index (χ0) is 22.3. The number of benzene rings is 2. The van der Waals surface area contributed by atoms with Crippen LogP contribution in [-0.4, -0.2) is 43.2 Å². The van der Waals surface area contributed by atoms with Crippen LogP contribution in [0, 0.1) is 5.41 Å². The van der Waals surface area contributed by atoms with E-state index in [1.165, 1.54) is 34.9 Å². The van der Waals surface area contributed by atoms with Crippen LogP contribution in [0.5, 0.6) is 0 Å². The van der Waals surface area contributed by atoms with E-state index in [0.29, 0.717) is 15.0 Å². The molecule has 2 fully saturated rings. The number of piperidine rings is 1. The van der Waals surface area contributed by atoms with Gasteiger partial charge in [-0.05, 0) is 0 Å². The topological polar surface area (TPSA) is 67.9 Å². The third-order valence-corrected chi connectivity index (χ3v) is 11.5. The number of rotatable bonds is 3. The van der Waals surface area contributed by atoms with Crippen molar-refractivity contribution in [3.05, 3.63) is 83.2 Å². The minimum atomic E-state index is 0.0133. The monoisotopic (exact) mass is 505 g/mol. The van der Waals surface area contributed by atoms with Gasteiger partial charge in [0.15, 0.2) is 0 Å². The number of fused-ring (bicyclic) bond motifs is 1. The molecule has 2 aliphatic heterocycles. The van der Waals surface area contributed by atoms with Crippen molar-refractivity contribution in [2.75, 3.05) is 18.0 Å². The van der Waals surface area contributed by atoms with Crippen LogP contribution < -0.4 is 10.6 Å². The molecule has 3 aliphatic rings. The normalized spacial score (nSPS) is 26.3. The first kappa shape index (κ1) is 21.3. The number of hydrogen-bond acceptors (Lipinski definition) is 5. The molecular formula is C27H31N5Se. The molecule has 2 aromatic carbocycles. The standard InChI is InChI=1S/C27H31N5Se/c28-24-22-11-5-4-8-20(22)18-26(24)13-15-32(16-14-26)25-29-19-23(30-31-25)27(12-6-7-17-33-27)21-9-2-1-3-10-21/h1-5,8-11,19,24H,6-7,12-18,28H2/t24-,27?/m1/s1. The van der Waals surface area contributed by atoms with Crippen molar-refractivity contribution >= 4 is 20.9 Å². The number of hydrogen-bond donors (Lipinski definition) is 1. The zero-order valence-electron chi connectivity index (χ0n) is 19.0. The number of nitrogens with zero attached hydrogens (tertiary/aromatic N) is 4. The third kappa shape index (κ3) is 3.60. The first-order valence-electron chi connectivity index (χ1n) is 12.2. The van der Waals surface area contributed by atoms with Gasteiger partial charge in [0.25, 0.3) is 0 Å². The van der Waals surface area contributed by atoms with Crippen LogP contribution in [0.1, 0.15) is 60.5 Å². The predicted molar refractivity (Wildman–Crippen MR) is 132 cm³/mol. The summed E-state index contributed by atoms with van der Waals surface area (Å²) in [6, 6.07) is 19.7. The number of aromatic nitrogens is 3. The molecule has 2 saturated heterocycles. The first-order valence-corrected chi connectivity index (χ1v) is 14.3. The Balaban J connectivity index is 1.20. The molecule has 1 unspecified atom stereocenters. The van der Waals surface area contributed by atoms with E-state index in [1.54, 1.807) is 0 Å². The summed E-state index contributed by atoms with van der Waals surface area (Å²) in [5, 5.41) is 10.8. The summed E-state index contributed by atoms with van der Waals surface area (Å²) in [5.41, 5.74) is 12.1. The maximum atomic E-state index is 6.75. The molecular weight excluding hydrogens is 473 g/mol. The Morgan fingerprint density at radius 2 is 1.70 bits per heavy atom. The second kappa shape index (κ2) is 8.50. The Morgan fingerprint density at radius 1 is 0.909 bits per heavy atom. The Hall–Kier alpha value is -2.27. The van der Waals surface area contributed by atoms with Crippen LogP contribution >= 0.6 is 0 Å². The molecule has 3 aromatic rings. The minimum absolute atomic E-state index is 0.0133. The predicted octanol–water partition coefficient (Wildman–Crippen LogP) is 4.26. The molecule has 2 atom stereocenters. The molecule has 0 radical (unpaired) electrons. The van der Waals surface area contributed by atoms with Gasteiger partial charge in [0.1, 0.15) is 0 Å². The fourth-order valence-corrected chi connectivity index (χ4v) is 9.35. The molecule has 1 aromatic heterocycles. The van der Waals surface area contributed by atoms with Crippen molar-refractivity contribution in [2.45, 2.75) is 54.2 Å². The van der Waals surface area contributed by atoms with E-state index >= 15 is 0 Å². The molecule has 33 heavy (non-hydrogen) atoms. The van der Waals surface area contributed by atoms with E-state index in [0.717, 1.165) is 50.4 Å². The molecule has 170 valence electrons. The van der Waals surface area contributed by atoms with E-state index in [-0.39, 0.29) is 15.8 Å². The van der Waals surface area contributed by atoms with Gasteiger partial charge in [0.05, 0.1) is 0 Å². The molecule has 5 nitrogen and oxygen atoms in total. The summed E-state index contributed by atoms with van der Waals surface area (Å²) >= 11 is 0.468. The summed E-state index contributed by atoms with van der Waals surface area (Å²) in [4.78, 5) is 7.16. The average molecular weight is 505 g/mol. The Bertz CT molecular complexity index is 1100. The summed E-state index contributed by atoms with van der Waals surface area (Å²) in [5.74, 6) is 0.768. The maximum absolute atomic E-state index is 6.75. The van der Waals surface area contributed by atoms with Gasteiger partial charge in [0.2, 0.25) is 0 Å². The van der Waals surface area contributed by atoms with E-state index < -0.39 is 0 Å². The van der Waals surface area contributed by atoms with Crippen LogP contribution in [0.15, 0.2) is 60.8 Å². The SMILES string of the molecule is N[C@@H]1c2ccccc2CC12CCN(c1ncc(C3(c4ccccc4)CCCC[Se]3)nn1)CC2. The fourth-order valence-electron chi connectivity index (χ4n) is 6.14. The molecule has 1 spiro atoms. The van der Waals surface area contributed by atoms with Gasteiger partial charge in [-0.25, -0.2) is 0 Å². The fraction of sp³-hybridized carbons (Fsp3) is 0.444. The number of anilines is 1. The Labute approximate surface area is 202 Å². The molecule has 0 amide bonds. The van der Waals surface area contributed by atoms with Gasteiger partial charge in [-0.3, -0.25) is 0 Å². The van der Waals surface area contributed by atoms with Gasteiger partial charge in [-0.2, -0.15) is 0 Å². The summed E-state index contributed by atoms with van der Waals surface area (Å²) in [7, 11) is 0. The van der Waals surface area contributed by atoms with Crippen LogP contribution in [-0.2, 0) is 10.7 Å². The Morgan fingerprint density at radius 3 is 2.39 bits per heavy atom. The van der Waals surface area contributed by atoms with Crippen molar-refractivity contribution in [3.8, 4) is 0 Å². The first-order chi connectivity index (χ1) is 16.2.